The molecule has 2 N–H and O–H groups in total. The number of rotatable bonds is 7. The van der Waals surface area contributed by atoms with Crippen molar-refractivity contribution in [3.63, 3.8) is 0 Å². The summed E-state index contributed by atoms with van der Waals surface area (Å²) in [6, 6.07) is 8.13. The topological polar surface area (TPSA) is 41.5 Å². The van der Waals surface area contributed by atoms with Crippen LogP contribution in [0.4, 0.5) is 0 Å². The zero-order valence-electron chi connectivity index (χ0n) is 10.6. The lowest BCUT2D eigenvalue weighted by atomic mass is 10.2. The van der Waals surface area contributed by atoms with Gasteiger partial charge in [-0.25, -0.2) is 0 Å². The number of hydrogen-bond acceptors (Lipinski definition) is 3. The highest BCUT2D eigenvalue weighted by Crippen LogP contribution is 2.32. The lowest BCUT2D eigenvalue weighted by Crippen LogP contribution is -2.37. The number of nitrogens with one attached hydrogen (secondary N) is 1. The normalized spacial score (nSPS) is 18.4. The van der Waals surface area contributed by atoms with Gasteiger partial charge in [-0.3, -0.25) is 0 Å². The maximum absolute atomic E-state index is 9.82. The van der Waals surface area contributed by atoms with Crippen LogP contribution in [0.15, 0.2) is 28.7 Å². The Morgan fingerprint density at radius 2 is 2.06 bits per heavy atom. The molecule has 1 aromatic rings. The van der Waals surface area contributed by atoms with E-state index in [1.807, 2.05) is 24.3 Å². The number of hydrogen-bond donors (Lipinski definition) is 2. The average Bonchev–Trinajstić information content (AvgIpc) is 3.19. The highest BCUT2D eigenvalue weighted by molar-refractivity contribution is 9.10. The van der Waals surface area contributed by atoms with Gasteiger partial charge < -0.3 is 15.2 Å². The molecule has 100 valence electrons. The summed E-state index contributed by atoms with van der Waals surface area (Å²) >= 11 is 3.37. The first-order valence-corrected chi connectivity index (χ1v) is 7.24. The van der Waals surface area contributed by atoms with E-state index < -0.39 is 6.10 Å². The summed E-state index contributed by atoms with van der Waals surface area (Å²) in [7, 11) is 0. The molecule has 18 heavy (non-hydrogen) atoms. The number of halogens is 1. The van der Waals surface area contributed by atoms with E-state index >= 15 is 0 Å². The molecule has 0 heterocycles. The third-order valence-corrected chi connectivity index (χ3v) is 3.79. The monoisotopic (exact) mass is 313 g/mol. The first-order valence-electron chi connectivity index (χ1n) is 6.45. The molecule has 1 fully saturated rings. The molecule has 0 saturated heterocycles. The molecule has 1 aromatic carbocycles. The molecule has 0 radical (unpaired) electrons. The van der Waals surface area contributed by atoms with Gasteiger partial charge in [0.2, 0.25) is 0 Å². The lowest BCUT2D eigenvalue weighted by Gasteiger charge is -2.17. The Hall–Kier alpha value is -0.580. The molecule has 0 amide bonds. The van der Waals surface area contributed by atoms with Gasteiger partial charge in [-0.1, -0.05) is 15.9 Å². The molecule has 2 unspecified atom stereocenters. The summed E-state index contributed by atoms with van der Waals surface area (Å²) in [5.41, 5.74) is 0. The Morgan fingerprint density at radius 1 is 1.39 bits per heavy atom. The van der Waals surface area contributed by atoms with Crippen molar-refractivity contribution >= 4 is 15.9 Å². The van der Waals surface area contributed by atoms with Crippen LogP contribution in [0.3, 0.4) is 0 Å². The van der Waals surface area contributed by atoms with Gasteiger partial charge in [0.05, 0.1) is 0 Å². The van der Waals surface area contributed by atoms with Crippen molar-refractivity contribution in [2.24, 2.45) is 5.92 Å². The van der Waals surface area contributed by atoms with Crippen LogP contribution in [-0.4, -0.2) is 30.4 Å². The van der Waals surface area contributed by atoms with E-state index in [0.717, 1.165) is 16.1 Å². The van der Waals surface area contributed by atoms with Gasteiger partial charge in [0, 0.05) is 17.1 Å². The maximum Gasteiger partial charge on any atom is 0.119 e. The second-order valence-corrected chi connectivity index (χ2v) is 5.87. The second-order valence-electron chi connectivity index (χ2n) is 4.95. The molecule has 4 heteroatoms. The van der Waals surface area contributed by atoms with E-state index in [4.69, 9.17) is 4.74 Å². The fourth-order valence-corrected chi connectivity index (χ4v) is 2.13. The third kappa shape index (κ3) is 4.59. The van der Waals surface area contributed by atoms with Gasteiger partial charge in [0.25, 0.3) is 0 Å². The van der Waals surface area contributed by atoms with Crippen molar-refractivity contribution in [3.8, 4) is 5.75 Å². The molecule has 2 rings (SSSR count). The van der Waals surface area contributed by atoms with Gasteiger partial charge in [-0.2, -0.15) is 0 Å². The number of benzene rings is 1. The van der Waals surface area contributed by atoms with Gasteiger partial charge in [0.1, 0.15) is 18.5 Å². The Balaban J connectivity index is 1.64. The zero-order chi connectivity index (χ0) is 13.0. The molecule has 0 aliphatic heterocycles. The van der Waals surface area contributed by atoms with Gasteiger partial charge in [0.15, 0.2) is 0 Å². The standard InChI is InChI=1S/C14H20BrNO2/c1-10(11-2-3-11)16-8-13(17)9-18-14-6-4-12(15)5-7-14/h4-7,10-11,13,16-17H,2-3,8-9H2,1H3. The summed E-state index contributed by atoms with van der Waals surface area (Å²) in [5, 5.41) is 13.2. The Kier molecular flexibility index (Phi) is 5.03. The zero-order valence-corrected chi connectivity index (χ0v) is 12.2. The van der Waals surface area contributed by atoms with Crippen LogP contribution in [0.2, 0.25) is 0 Å². The quantitative estimate of drug-likeness (QED) is 0.813. The summed E-state index contributed by atoms with van der Waals surface area (Å²) in [4.78, 5) is 0. The molecule has 1 aliphatic carbocycles. The van der Waals surface area contributed by atoms with Crippen LogP contribution in [0.1, 0.15) is 19.8 Å². The fourth-order valence-electron chi connectivity index (χ4n) is 1.87. The minimum atomic E-state index is -0.463. The number of ether oxygens (including phenoxy) is 1. The molecular weight excluding hydrogens is 294 g/mol. The van der Waals surface area contributed by atoms with Crippen molar-refractivity contribution in [1.82, 2.24) is 5.32 Å². The molecule has 1 aliphatic rings. The van der Waals surface area contributed by atoms with Gasteiger partial charge in [-0.15, -0.1) is 0 Å². The molecule has 0 bridgehead atoms. The van der Waals surface area contributed by atoms with Crippen LogP contribution in [0, 0.1) is 5.92 Å². The van der Waals surface area contributed by atoms with E-state index in [1.165, 1.54) is 12.8 Å². The van der Waals surface area contributed by atoms with Gasteiger partial charge in [-0.05, 0) is 49.9 Å². The highest BCUT2D eigenvalue weighted by atomic mass is 79.9. The minimum Gasteiger partial charge on any atom is -0.491 e. The fraction of sp³-hybridized carbons (Fsp3) is 0.571. The maximum atomic E-state index is 9.82. The summed E-state index contributed by atoms with van der Waals surface area (Å²) in [5.74, 6) is 1.59. The molecule has 3 nitrogen and oxygen atoms in total. The van der Waals surface area contributed by atoms with Crippen molar-refractivity contribution in [2.75, 3.05) is 13.2 Å². The van der Waals surface area contributed by atoms with Crippen LogP contribution in [0.25, 0.3) is 0 Å². The first kappa shape index (κ1) is 13.8. The van der Waals surface area contributed by atoms with Crippen LogP contribution >= 0.6 is 15.9 Å². The Morgan fingerprint density at radius 3 is 2.67 bits per heavy atom. The van der Waals surface area contributed by atoms with E-state index in [1.54, 1.807) is 0 Å². The predicted octanol–water partition coefficient (Wildman–Crippen LogP) is 2.58. The number of aliphatic hydroxyl groups excluding tert-OH is 1. The summed E-state index contributed by atoms with van der Waals surface area (Å²) in [6.45, 7) is 3.10. The van der Waals surface area contributed by atoms with E-state index in [2.05, 4.69) is 28.2 Å². The smallest absolute Gasteiger partial charge is 0.119 e. The van der Waals surface area contributed by atoms with Crippen LogP contribution in [0.5, 0.6) is 5.75 Å². The van der Waals surface area contributed by atoms with E-state index in [-0.39, 0.29) is 0 Å². The van der Waals surface area contributed by atoms with Crippen molar-refractivity contribution in [1.29, 1.82) is 0 Å². The molecule has 1 saturated carbocycles. The van der Waals surface area contributed by atoms with E-state index in [0.29, 0.717) is 19.2 Å². The molecular formula is C14H20BrNO2. The second kappa shape index (κ2) is 6.55. The summed E-state index contributed by atoms with van der Waals surface area (Å²) in [6.07, 6.45) is 2.18. The van der Waals surface area contributed by atoms with Crippen molar-refractivity contribution < 1.29 is 9.84 Å². The third-order valence-electron chi connectivity index (χ3n) is 3.26. The van der Waals surface area contributed by atoms with Crippen LogP contribution in [-0.2, 0) is 0 Å². The number of aliphatic hydroxyl groups is 1. The van der Waals surface area contributed by atoms with Crippen molar-refractivity contribution in [3.05, 3.63) is 28.7 Å². The van der Waals surface area contributed by atoms with E-state index in [9.17, 15) is 5.11 Å². The molecule has 0 spiro atoms. The minimum absolute atomic E-state index is 0.325. The Bertz CT molecular complexity index is 365. The van der Waals surface area contributed by atoms with Gasteiger partial charge >= 0.3 is 0 Å². The first-order chi connectivity index (χ1) is 8.65. The van der Waals surface area contributed by atoms with Crippen LogP contribution < -0.4 is 10.1 Å². The summed E-state index contributed by atoms with van der Waals surface area (Å²) < 4.78 is 6.54. The average molecular weight is 314 g/mol. The largest absolute Gasteiger partial charge is 0.491 e. The SMILES string of the molecule is CC(NCC(O)COc1ccc(Br)cc1)C1CC1. The Labute approximate surface area is 117 Å². The lowest BCUT2D eigenvalue weighted by molar-refractivity contribution is 0.103. The molecule has 0 aromatic heterocycles. The predicted molar refractivity (Wildman–Crippen MR) is 75.8 cm³/mol. The van der Waals surface area contributed by atoms with Crippen molar-refractivity contribution in [2.45, 2.75) is 31.9 Å². The highest BCUT2D eigenvalue weighted by Gasteiger charge is 2.27. The molecule has 2 atom stereocenters.